The molecule has 6 N–H and O–H groups in total. The molecule has 0 aliphatic carbocycles. The Hall–Kier alpha value is -0.920. The number of urea groups is 1. The van der Waals surface area contributed by atoms with Crippen LogP contribution in [-0.4, -0.2) is 95.6 Å². The standard InChI is InChI=1S/C18H34N3O9PS/c22-10-13(30-31(25,26)27)11-29-9-8-28-7-3-6-19-16(23)5-2-1-4-15-17-14(12-32-15)20-18(24)21-17/h13-15,17,22H,1-12H2,(H,19,23)(H2,20,21,24)(H2,25,26,27). The van der Waals surface area contributed by atoms with Crippen LogP contribution in [0.1, 0.15) is 32.1 Å². The number of rotatable bonds is 17. The van der Waals surface area contributed by atoms with Crippen LogP contribution in [0.2, 0.25) is 0 Å². The van der Waals surface area contributed by atoms with E-state index >= 15 is 0 Å². The maximum absolute atomic E-state index is 11.9. The van der Waals surface area contributed by atoms with Crippen molar-refractivity contribution in [2.45, 2.75) is 55.5 Å². The van der Waals surface area contributed by atoms with E-state index in [1.807, 2.05) is 11.8 Å². The fraction of sp³-hybridized carbons (Fsp3) is 0.889. The molecule has 12 nitrogen and oxygen atoms in total. The lowest BCUT2D eigenvalue weighted by Gasteiger charge is -2.16. The summed E-state index contributed by atoms with van der Waals surface area (Å²) >= 11 is 1.88. The Balaban J connectivity index is 1.37. The van der Waals surface area contributed by atoms with Crippen LogP contribution in [0.15, 0.2) is 0 Å². The van der Waals surface area contributed by atoms with Gasteiger partial charge in [-0.15, -0.1) is 0 Å². The second-order valence-electron chi connectivity index (χ2n) is 7.66. The van der Waals surface area contributed by atoms with Crippen molar-refractivity contribution < 1.29 is 43.0 Å². The number of aliphatic hydroxyl groups excluding tert-OH is 1. The fourth-order valence-electron chi connectivity index (χ4n) is 3.51. The second kappa shape index (κ2) is 14.4. The summed E-state index contributed by atoms with van der Waals surface area (Å²) < 4.78 is 25.5. The molecule has 2 saturated heterocycles. The Kier molecular flexibility index (Phi) is 12.3. The third kappa shape index (κ3) is 10.8. The van der Waals surface area contributed by atoms with Gasteiger partial charge in [0.15, 0.2) is 0 Å². The van der Waals surface area contributed by atoms with Crippen LogP contribution in [0.25, 0.3) is 0 Å². The molecule has 0 aromatic heterocycles. The van der Waals surface area contributed by atoms with Gasteiger partial charge in [0.05, 0.1) is 38.5 Å². The number of hydrogen-bond acceptors (Lipinski definition) is 8. The van der Waals surface area contributed by atoms with Gasteiger partial charge in [-0.25, -0.2) is 9.36 Å². The van der Waals surface area contributed by atoms with Crippen LogP contribution >= 0.6 is 19.6 Å². The minimum Gasteiger partial charge on any atom is -0.394 e. The number of phosphoric ester groups is 1. The van der Waals surface area contributed by atoms with E-state index in [1.54, 1.807) is 0 Å². The molecule has 0 spiro atoms. The highest BCUT2D eigenvalue weighted by Gasteiger charge is 2.42. The van der Waals surface area contributed by atoms with E-state index in [9.17, 15) is 14.2 Å². The summed E-state index contributed by atoms with van der Waals surface area (Å²) in [6.07, 6.45) is 2.79. The molecular formula is C18H34N3O9PS. The number of hydrogen-bond donors (Lipinski definition) is 6. The van der Waals surface area contributed by atoms with Crippen LogP contribution in [0, 0.1) is 0 Å². The van der Waals surface area contributed by atoms with E-state index in [1.165, 1.54) is 0 Å². The van der Waals surface area contributed by atoms with Gasteiger partial charge in [0.25, 0.3) is 0 Å². The van der Waals surface area contributed by atoms with Crippen molar-refractivity contribution in [3.63, 3.8) is 0 Å². The van der Waals surface area contributed by atoms with Crippen LogP contribution in [0.4, 0.5) is 4.79 Å². The predicted octanol–water partition coefficient (Wildman–Crippen LogP) is -0.278. The number of fused-ring (bicyclic) bond motifs is 1. The highest BCUT2D eigenvalue weighted by Crippen LogP contribution is 2.37. The van der Waals surface area contributed by atoms with Crippen molar-refractivity contribution in [2.24, 2.45) is 0 Å². The summed E-state index contributed by atoms with van der Waals surface area (Å²) in [5, 5.41) is 18.1. The van der Waals surface area contributed by atoms with Gasteiger partial charge in [-0.2, -0.15) is 11.8 Å². The highest BCUT2D eigenvalue weighted by molar-refractivity contribution is 8.00. The van der Waals surface area contributed by atoms with E-state index in [4.69, 9.17) is 24.4 Å². The maximum atomic E-state index is 11.9. The number of carbonyl (C=O) groups excluding carboxylic acids is 2. The minimum absolute atomic E-state index is 0.0150. The number of phosphoric acid groups is 1. The number of nitrogens with one attached hydrogen (secondary N) is 3. The van der Waals surface area contributed by atoms with Gasteiger partial charge in [0.2, 0.25) is 5.91 Å². The quantitative estimate of drug-likeness (QED) is 0.0887. The molecule has 2 fully saturated rings. The van der Waals surface area contributed by atoms with Crippen LogP contribution in [0.5, 0.6) is 0 Å². The van der Waals surface area contributed by atoms with Crippen LogP contribution < -0.4 is 16.0 Å². The molecule has 14 heteroatoms. The zero-order valence-electron chi connectivity index (χ0n) is 17.9. The van der Waals surface area contributed by atoms with E-state index in [0.29, 0.717) is 31.2 Å². The molecule has 32 heavy (non-hydrogen) atoms. The number of amides is 3. The second-order valence-corrected chi connectivity index (χ2v) is 10.1. The Morgan fingerprint density at radius 2 is 1.97 bits per heavy atom. The topological polar surface area (TPSA) is 176 Å². The summed E-state index contributed by atoms with van der Waals surface area (Å²) in [6.45, 7) is 0.692. The van der Waals surface area contributed by atoms with Crippen LogP contribution in [0.3, 0.4) is 0 Å². The molecule has 2 aliphatic heterocycles. The van der Waals surface area contributed by atoms with Crippen molar-refractivity contribution in [1.82, 2.24) is 16.0 Å². The summed E-state index contributed by atoms with van der Waals surface area (Å²) in [7, 11) is -4.66. The van der Waals surface area contributed by atoms with Crippen molar-refractivity contribution in [2.75, 3.05) is 45.3 Å². The fourth-order valence-corrected chi connectivity index (χ4v) is 5.57. The average molecular weight is 500 g/mol. The Labute approximate surface area is 191 Å². The average Bonchev–Trinajstić information content (AvgIpc) is 3.27. The SMILES string of the molecule is O=C(CCCCC1SCC2NC(=O)NC21)NCCCOCCOCC(CO)OP(=O)(O)O. The zero-order valence-corrected chi connectivity index (χ0v) is 19.7. The molecule has 2 aliphatic rings. The molecule has 4 unspecified atom stereocenters. The highest BCUT2D eigenvalue weighted by atomic mass is 32.2. The van der Waals surface area contributed by atoms with Crippen molar-refractivity contribution in [3.8, 4) is 0 Å². The molecular weight excluding hydrogens is 465 g/mol. The van der Waals surface area contributed by atoms with Crippen LogP contribution in [-0.2, 0) is 23.4 Å². The number of ether oxygens (including phenoxy) is 2. The molecule has 0 saturated carbocycles. The first-order valence-electron chi connectivity index (χ1n) is 10.7. The predicted molar refractivity (Wildman–Crippen MR) is 117 cm³/mol. The summed E-state index contributed by atoms with van der Waals surface area (Å²) in [6, 6.07) is 0.356. The first-order chi connectivity index (χ1) is 15.3. The molecule has 4 atom stereocenters. The molecule has 2 rings (SSSR count). The van der Waals surface area contributed by atoms with Gasteiger partial charge < -0.3 is 40.3 Å². The molecule has 0 radical (unpaired) electrons. The summed E-state index contributed by atoms with van der Waals surface area (Å²) in [5.41, 5.74) is 0. The molecule has 0 aromatic rings. The lowest BCUT2D eigenvalue weighted by atomic mass is 10.0. The van der Waals surface area contributed by atoms with Gasteiger partial charge in [-0.05, 0) is 19.3 Å². The molecule has 0 aromatic carbocycles. The normalized spacial score (nSPS) is 23.5. The first kappa shape index (κ1) is 27.3. The van der Waals surface area contributed by atoms with E-state index in [2.05, 4.69) is 20.5 Å². The largest absolute Gasteiger partial charge is 0.470 e. The first-order valence-corrected chi connectivity index (χ1v) is 13.3. The van der Waals surface area contributed by atoms with E-state index < -0.39 is 20.5 Å². The molecule has 186 valence electrons. The summed E-state index contributed by atoms with van der Waals surface area (Å²) in [5.74, 6) is 0.956. The number of unbranched alkanes of at least 4 members (excludes halogenated alkanes) is 1. The number of thioether (sulfide) groups is 1. The Bertz CT molecular complexity index is 639. The minimum atomic E-state index is -4.66. The van der Waals surface area contributed by atoms with Crippen molar-refractivity contribution in [3.05, 3.63) is 0 Å². The molecule has 0 bridgehead atoms. The Morgan fingerprint density at radius 1 is 1.19 bits per heavy atom. The van der Waals surface area contributed by atoms with E-state index in [0.717, 1.165) is 25.0 Å². The monoisotopic (exact) mass is 499 g/mol. The lowest BCUT2D eigenvalue weighted by Crippen LogP contribution is -2.36. The van der Waals surface area contributed by atoms with Crippen molar-refractivity contribution in [1.29, 1.82) is 0 Å². The number of carbonyl (C=O) groups is 2. The third-order valence-corrected chi connectivity index (χ3v) is 7.12. The van der Waals surface area contributed by atoms with Gasteiger partial charge in [0, 0.05) is 30.6 Å². The molecule has 3 amide bonds. The molecule has 2 heterocycles. The maximum Gasteiger partial charge on any atom is 0.470 e. The zero-order chi connectivity index (χ0) is 23.4. The smallest absolute Gasteiger partial charge is 0.394 e. The van der Waals surface area contributed by atoms with Gasteiger partial charge in [0.1, 0.15) is 6.10 Å². The number of aliphatic hydroxyl groups is 1. The van der Waals surface area contributed by atoms with Crippen molar-refractivity contribution >= 4 is 31.5 Å². The lowest BCUT2D eigenvalue weighted by molar-refractivity contribution is -0.121. The van der Waals surface area contributed by atoms with Gasteiger partial charge in [-0.1, -0.05) is 6.42 Å². The third-order valence-electron chi connectivity index (χ3n) is 5.03. The van der Waals surface area contributed by atoms with E-state index in [-0.39, 0.29) is 43.8 Å². The van der Waals surface area contributed by atoms with Gasteiger partial charge in [-0.3, -0.25) is 9.32 Å². The summed E-state index contributed by atoms with van der Waals surface area (Å²) in [4.78, 5) is 40.6. The van der Waals surface area contributed by atoms with Gasteiger partial charge >= 0.3 is 13.9 Å². The Morgan fingerprint density at radius 3 is 2.72 bits per heavy atom.